The molecule has 6 heteroatoms. The van der Waals surface area contributed by atoms with Gasteiger partial charge in [-0.05, 0) is 140 Å². The highest BCUT2D eigenvalue weighted by Crippen LogP contribution is 2.38. The van der Waals surface area contributed by atoms with Gasteiger partial charge in [-0.2, -0.15) is 0 Å². The maximum atomic E-state index is 14.2. The van der Waals surface area contributed by atoms with Gasteiger partial charge in [-0.3, -0.25) is 0 Å². The van der Waals surface area contributed by atoms with Gasteiger partial charge in [0.2, 0.25) is 0 Å². The van der Waals surface area contributed by atoms with Gasteiger partial charge in [-0.15, -0.1) is 0 Å². The van der Waals surface area contributed by atoms with Crippen LogP contribution in [0.4, 0.5) is 8.78 Å². The predicted molar refractivity (Wildman–Crippen MR) is 214 cm³/mol. The first-order valence-electron chi connectivity index (χ1n) is 18.9. The molecule has 0 heterocycles. The van der Waals surface area contributed by atoms with Crippen molar-refractivity contribution in [3.63, 3.8) is 0 Å². The van der Waals surface area contributed by atoms with Crippen LogP contribution in [0.3, 0.4) is 0 Å². The second-order valence-electron chi connectivity index (χ2n) is 14.0. The third-order valence-electron chi connectivity index (χ3n) is 10.6. The molecular weight excluding hydrogens is 693 g/mol. The van der Waals surface area contributed by atoms with E-state index in [0.717, 1.165) is 28.7 Å². The van der Waals surface area contributed by atoms with E-state index in [1.54, 1.807) is 29.3 Å². The summed E-state index contributed by atoms with van der Waals surface area (Å²) in [6, 6.07) is 27.8. The van der Waals surface area contributed by atoms with Crippen LogP contribution in [0.2, 0.25) is 0 Å². The molecule has 2 aliphatic carbocycles. The Morgan fingerprint density at radius 2 is 1.06 bits per heavy atom. The van der Waals surface area contributed by atoms with E-state index < -0.39 is 0 Å². The van der Waals surface area contributed by atoms with Gasteiger partial charge >= 0.3 is 0 Å². The molecule has 0 radical (unpaired) electrons. The smallest absolute Gasteiger partial charge is 0.165 e. The van der Waals surface area contributed by atoms with E-state index >= 15 is 0 Å². The minimum Gasteiger partial charge on any atom is -0.491 e. The Balaban J connectivity index is 0.000000201. The highest BCUT2D eigenvalue weighted by atomic mass is 35.5. The van der Waals surface area contributed by atoms with E-state index in [1.165, 1.54) is 62.5 Å². The lowest BCUT2D eigenvalue weighted by molar-refractivity contribution is 0.131. The second kappa shape index (κ2) is 20.7. The number of benzene rings is 4. The zero-order chi connectivity index (χ0) is 36.7. The molecule has 0 aromatic heterocycles. The standard InChI is InChI=1S/2C23H26ClFO/c1-2-26-16-22-12-11-21(15-23(22)25)20-9-7-19(8-10-20)18-5-3-17(4-6-18)13-14-24;1-2-15-26-23-12-11-21(16-22(23)25)20-9-7-19(8-10-20)18-5-3-17(4-6-18)13-14-24/h7-15,17-18H,2-6,16H2,1H3;7-14,16-18H,2-6,15H2,1H3/b2*14-13+. The molecule has 4 aromatic rings. The van der Waals surface area contributed by atoms with Crippen LogP contribution >= 0.6 is 23.2 Å². The van der Waals surface area contributed by atoms with E-state index in [-0.39, 0.29) is 11.6 Å². The van der Waals surface area contributed by atoms with Crippen molar-refractivity contribution in [3.8, 4) is 28.0 Å². The van der Waals surface area contributed by atoms with Crippen LogP contribution in [0.5, 0.6) is 5.75 Å². The van der Waals surface area contributed by atoms with Crippen molar-refractivity contribution in [2.24, 2.45) is 11.8 Å². The van der Waals surface area contributed by atoms with Crippen molar-refractivity contribution in [2.75, 3.05) is 13.2 Å². The van der Waals surface area contributed by atoms with Crippen LogP contribution in [-0.2, 0) is 11.3 Å². The number of ether oxygens (including phenoxy) is 2. The van der Waals surface area contributed by atoms with Crippen molar-refractivity contribution in [1.29, 1.82) is 0 Å². The molecule has 2 aliphatic rings. The van der Waals surface area contributed by atoms with Gasteiger partial charge in [-0.1, -0.05) is 109 Å². The lowest BCUT2D eigenvalue weighted by atomic mass is 9.78. The lowest BCUT2D eigenvalue weighted by Gasteiger charge is -2.27. The molecule has 0 unspecified atom stereocenters. The minimum absolute atomic E-state index is 0.203. The predicted octanol–water partition coefficient (Wildman–Crippen LogP) is 14.4. The van der Waals surface area contributed by atoms with Crippen molar-refractivity contribution in [2.45, 2.75) is 90.1 Å². The Morgan fingerprint density at radius 3 is 1.48 bits per heavy atom. The zero-order valence-electron chi connectivity index (χ0n) is 30.5. The summed E-state index contributed by atoms with van der Waals surface area (Å²) in [5.41, 5.74) is 10.5. The molecule has 0 spiro atoms. The third-order valence-corrected chi connectivity index (χ3v) is 10.9. The van der Waals surface area contributed by atoms with Gasteiger partial charge in [0.1, 0.15) is 5.82 Å². The fraction of sp³-hybridized carbons (Fsp3) is 0.391. The summed E-state index contributed by atoms with van der Waals surface area (Å²) in [5, 5.41) is 0. The summed E-state index contributed by atoms with van der Waals surface area (Å²) in [5.74, 6) is 2.31. The maximum Gasteiger partial charge on any atom is 0.165 e. The third kappa shape index (κ3) is 11.3. The molecule has 2 nitrogen and oxygen atoms in total. The SMILES string of the molecule is CCCOc1ccc(-c2ccc(C3CCC(/C=C/Cl)CC3)cc2)cc1F.CCOCc1ccc(-c2ccc(C3CCC(/C=C/Cl)CC3)cc2)cc1F. The monoisotopic (exact) mass is 744 g/mol. The number of halogens is 4. The largest absolute Gasteiger partial charge is 0.491 e. The van der Waals surface area contributed by atoms with Crippen LogP contribution in [-0.4, -0.2) is 13.2 Å². The molecule has 2 fully saturated rings. The Morgan fingerprint density at radius 1 is 0.596 bits per heavy atom. The Labute approximate surface area is 319 Å². The molecule has 52 heavy (non-hydrogen) atoms. The van der Waals surface area contributed by atoms with Crippen molar-refractivity contribution >= 4 is 23.2 Å². The zero-order valence-corrected chi connectivity index (χ0v) is 32.0. The minimum atomic E-state index is -0.300. The molecule has 0 amide bonds. The van der Waals surface area contributed by atoms with E-state index in [4.69, 9.17) is 32.7 Å². The second-order valence-corrected chi connectivity index (χ2v) is 14.5. The Kier molecular flexibility index (Phi) is 15.8. The number of hydrogen-bond acceptors (Lipinski definition) is 2. The maximum absolute atomic E-state index is 14.2. The van der Waals surface area contributed by atoms with Crippen LogP contribution < -0.4 is 4.74 Å². The molecule has 0 N–H and O–H groups in total. The summed E-state index contributed by atoms with van der Waals surface area (Å²) in [7, 11) is 0. The lowest BCUT2D eigenvalue weighted by Crippen LogP contribution is -2.11. The van der Waals surface area contributed by atoms with Gasteiger partial charge in [0, 0.05) is 23.2 Å². The van der Waals surface area contributed by atoms with Crippen LogP contribution in [0.1, 0.15) is 100 Å². The first-order chi connectivity index (χ1) is 25.4. The molecule has 0 atom stereocenters. The van der Waals surface area contributed by atoms with Crippen molar-refractivity contribution < 1.29 is 18.3 Å². The number of rotatable bonds is 12. The molecule has 276 valence electrons. The normalized spacial score (nSPS) is 20.5. The topological polar surface area (TPSA) is 18.5 Å². The highest BCUT2D eigenvalue weighted by Gasteiger charge is 2.22. The van der Waals surface area contributed by atoms with Gasteiger partial charge in [0.25, 0.3) is 0 Å². The average molecular weight is 746 g/mol. The summed E-state index contributed by atoms with van der Waals surface area (Å²) in [4.78, 5) is 0. The summed E-state index contributed by atoms with van der Waals surface area (Å²) in [6.45, 7) is 5.37. The average Bonchev–Trinajstić information content (AvgIpc) is 3.18. The van der Waals surface area contributed by atoms with E-state index in [2.05, 4.69) is 60.7 Å². The van der Waals surface area contributed by atoms with E-state index in [0.29, 0.717) is 54.8 Å². The summed E-state index contributed by atoms with van der Waals surface area (Å²) in [6.07, 6.45) is 14.7. The number of allylic oxidation sites excluding steroid dienone is 2. The van der Waals surface area contributed by atoms with Crippen molar-refractivity contribution in [1.82, 2.24) is 0 Å². The van der Waals surface area contributed by atoms with Gasteiger partial charge < -0.3 is 9.47 Å². The van der Waals surface area contributed by atoms with Crippen molar-refractivity contribution in [3.05, 3.63) is 136 Å². The van der Waals surface area contributed by atoms with E-state index in [9.17, 15) is 8.78 Å². The van der Waals surface area contributed by atoms with Gasteiger partial charge in [-0.25, -0.2) is 8.78 Å². The molecule has 4 aromatic carbocycles. The Bertz CT molecular complexity index is 1590. The molecule has 0 aliphatic heterocycles. The molecule has 6 rings (SSSR count). The van der Waals surface area contributed by atoms with Crippen LogP contribution in [0.25, 0.3) is 22.3 Å². The van der Waals surface area contributed by atoms with Crippen LogP contribution in [0.15, 0.2) is 108 Å². The summed E-state index contributed by atoms with van der Waals surface area (Å²) >= 11 is 11.4. The first kappa shape index (κ1) is 39.8. The van der Waals surface area contributed by atoms with Gasteiger partial charge in [0.05, 0.1) is 13.2 Å². The molecule has 2 saturated carbocycles. The highest BCUT2D eigenvalue weighted by molar-refractivity contribution is 6.25. The quantitative estimate of drug-likeness (QED) is 0.144. The van der Waals surface area contributed by atoms with Gasteiger partial charge in [0.15, 0.2) is 11.6 Å². The van der Waals surface area contributed by atoms with Crippen LogP contribution in [0, 0.1) is 23.5 Å². The summed E-state index contributed by atoms with van der Waals surface area (Å²) < 4.78 is 39.1. The Hall–Kier alpha value is -3.44. The molecule has 0 saturated heterocycles. The van der Waals surface area contributed by atoms with E-state index in [1.807, 2.05) is 32.0 Å². The molecular formula is C46H52Cl2F2O2. The first-order valence-corrected chi connectivity index (χ1v) is 19.8. The fourth-order valence-corrected chi connectivity index (χ4v) is 7.87. The number of hydrogen-bond donors (Lipinski definition) is 0. The fourth-order valence-electron chi connectivity index (χ4n) is 7.46. The molecule has 0 bridgehead atoms.